The molecule has 0 atom stereocenters. The maximum Gasteiger partial charge on any atom is 0.337 e. The molecule has 5 rings (SSSR count). The quantitative estimate of drug-likeness (QED) is 0.240. The van der Waals surface area contributed by atoms with E-state index in [0.29, 0.717) is 16.7 Å². The first-order valence-electron chi connectivity index (χ1n) is 12.2. The number of nitrogens with zero attached hydrogens (tertiary/aromatic N) is 3. The van der Waals surface area contributed by atoms with Crippen molar-refractivity contribution in [3.05, 3.63) is 75.8 Å². The highest BCUT2D eigenvalue weighted by molar-refractivity contribution is 5.95. The molecule has 0 bridgehead atoms. The molecule has 2 aromatic carbocycles. The predicted molar refractivity (Wildman–Crippen MR) is 138 cm³/mol. The monoisotopic (exact) mass is 484 g/mol. The van der Waals surface area contributed by atoms with Gasteiger partial charge in [0.05, 0.1) is 23.9 Å². The van der Waals surface area contributed by atoms with Crippen molar-refractivity contribution in [3.8, 4) is 6.07 Å². The molecule has 0 saturated carbocycles. The lowest BCUT2D eigenvalue weighted by molar-refractivity contribution is 0.0601. The van der Waals surface area contributed by atoms with E-state index >= 15 is 0 Å². The molecule has 0 aliphatic carbocycles. The smallest absolute Gasteiger partial charge is 0.337 e. The van der Waals surface area contributed by atoms with Crippen LogP contribution in [0.25, 0.3) is 21.9 Å². The molecule has 2 aromatic heterocycles. The highest BCUT2D eigenvalue weighted by Gasteiger charge is 2.20. The summed E-state index contributed by atoms with van der Waals surface area (Å²) in [4.78, 5) is 31.4. The Hall–Kier alpha value is -4.09. The summed E-state index contributed by atoms with van der Waals surface area (Å²) in [5, 5.41) is 11.5. The summed E-state index contributed by atoms with van der Waals surface area (Å²) >= 11 is 0. The number of piperazine rings is 1. The summed E-state index contributed by atoms with van der Waals surface area (Å²) in [5.41, 5.74) is 4.27. The number of anilines is 1. The van der Waals surface area contributed by atoms with Crippen molar-refractivity contribution in [1.29, 1.82) is 5.26 Å². The Labute approximate surface area is 208 Å². The van der Waals surface area contributed by atoms with Gasteiger partial charge in [-0.15, -0.1) is 0 Å². The zero-order valence-electron chi connectivity index (χ0n) is 20.3. The van der Waals surface area contributed by atoms with Gasteiger partial charge in [-0.3, -0.25) is 4.90 Å². The topological polar surface area (TPSA) is 103 Å². The maximum absolute atomic E-state index is 11.9. The molecular formula is C28H28N4O4. The summed E-state index contributed by atoms with van der Waals surface area (Å²) in [5.74, 6) is -0.319. The number of nitriles is 1. The van der Waals surface area contributed by atoms with Gasteiger partial charge in [-0.1, -0.05) is 0 Å². The van der Waals surface area contributed by atoms with E-state index in [9.17, 15) is 14.9 Å². The van der Waals surface area contributed by atoms with Gasteiger partial charge < -0.3 is 19.0 Å². The van der Waals surface area contributed by atoms with Crippen LogP contribution in [0.1, 0.15) is 34.3 Å². The number of benzene rings is 2. The fourth-order valence-corrected chi connectivity index (χ4v) is 4.95. The van der Waals surface area contributed by atoms with Crippen LogP contribution in [0.5, 0.6) is 0 Å². The van der Waals surface area contributed by atoms with E-state index in [-0.39, 0.29) is 5.97 Å². The first kappa shape index (κ1) is 23.6. The lowest BCUT2D eigenvalue weighted by atomic mass is 10.0. The number of hydrogen-bond donors (Lipinski definition) is 1. The third-order valence-corrected chi connectivity index (χ3v) is 6.93. The average molecular weight is 485 g/mol. The molecule has 8 nitrogen and oxygen atoms in total. The number of carbonyl (C=O) groups is 1. The summed E-state index contributed by atoms with van der Waals surface area (Å²) in [6.45, 7) is 4.58. The van der Waals surface area contributed by atoms with E-state index in [4.69, 9.17) is 9.15 Å². The number of aromatic nitrogens is 1. The number of esters is 1. The number of aromatic amines is 1. The largest absolute Gasteiger partial charge is 0.465 e. The molecule has 0 amide bonds. The van der Waals surface area contributed by atoms with E-state index in [2.05, 4.69) is 20.9 Å². The highest BCUT2D eigenvalue weighted by atomic mass is 16.5. The number of rotatable bonds is 7. The van der Waals surface area contributed by atoms with Crippen LogP contribution >= 0.6 is 0 Å². The molecule has 3 heterocycles. The van der Waals surface area contributed by atoms with Crippen LogP contribution in [0.15, 0.2) is 57.9 Å². The molecule has 1 aliphatic rings. The van der Waals surface area contributed by atoms with Crippen molar-refractivity contribution in [2.45, 2.75) is 19.3 Å². The average Bonchev–Trinajstić information content (AvgIpc) is 3.32. The molecule has 1 saturated heterocycles. The number of ether oxygens (including phenoxy) is 1. The minimum Gasteiger partial charge on any atom is -0.465 e. The number of methoxy groups -OCH3 is 1. The fourth-order valence-electron chi connectivity index (χ4n) is 4.95. The zero-order chi connectivity index (χ0) is 25.1. The van der Waals surface area contributed by atoms with Gasteiger partial charge in [-0.2, -0.15) is 5.26 Å². The second-order valence-electron chi connectivity index (χ2n) is 9.13. The van der Waals surface area contributed by atoms with Crippen molar-refractivity contribution in [2.75, 3.05) is 44.7 Å². The standard InChI is InChI=1S/C28H28N4O4/c1-35-28(34)20-5-7-24-23(14-20)21(18-30-24)4-2-3-9-31-10-12-32(13-11-31)25-15-19-6-8-27(33)36-26(19)16-22(25)17-29/h5-8,14-16,18,30H,2-4,9-13H2,1H3. The lowest BCUT2D eigenvalue weighted by Gasteiger charge is -2.36. The minimum absolute atomic E-state index is 0.319. The molecule has 0 spiro atoms. The van der Waals surface area contributed by atoms with Crippen molar-refractivity contribution in [1.82, 2.24) is 9.88 Å². The van der Waals surface area contributed by atoms with E-state index in [1.807, 2.05) is 24.4 Å². The van der Waals surface area contributed by atoms with Crippen LogP contribution in [-0.4, -0.2) is 55.7 Å². The summed E-state index contributed by atoms with van der Waals surface area (Å²) in [7, 11) is 1.40. The van der Waals surface area contributed by atoms with Crippen LogP contribution < -0.4 is 10.5 Å². The van der Waals surface area contributed by atoms with Crippen LogP contribution in [0.2, 0.25) is 0 Å². The Balaban J connectivity index is 1.15. The molecule has 0 unspecified atom stereocenters. The number of unbranched alkanes of at least 4 members (excludes halogenated alkanes) is 1. The number of H-pyrrole nitrogens is 1. The van der Waals surface area contributed by atoms with Gasteiger partial charge in [-0.05, 0) is 61.7 Å². The van der Waals surface area contributed by atoms with Gasteiger partial charge in [0.15, 0.2) is 0 Å². The van der Waals surface area contributed by atoms with E-state index in [0.717, 1.165) is 74.0 Å². The van der Waals surface area contributed by atoms with Crippen LogP contribution in [0, 0.1) is 11.3 Å². The molecule has 8 heteroatoms. The molecule has 1 N–H and O–H groups in total. The number of aryl methyl sites for hydroxylation is 1. The van der Waals surface area contributed by atoms with Gasteiger partial charge >= 0.3 is 11.6 Å². The molecule has 1 aliphatic heterocycles. The number of fused-ring (bicyclic) bond motifs is 2. The normalized spacial score (nSPS) is 14.3. The SMILES string of the molecule is COC(=O)c1ccc2[nH]cc(CCCCN3CCN(c4cc5ccc(=O)oc5cc4C#N)CC3)c2c1. The van der Waals surface area contributed by atoms with Crippen molar-refractivity contribution in [3.63, 3.8) is 0 Å². The molecule has 4 aromatic rings. The Bertz CT molecular complexity index is 1510. The molecule has 36 heavy (non-hydrogen) atoms. The number of nitrogens with one attached hydrogen (secondary N) is 1. The lowest BCUT2D eigenvalue weighted by Crippen LogP contribution is -2.46. The molecule has 0 radical (unpaired) electrons. The molecular weight excluding hydrogens is 456 g/mol. The Morgan fingerprint density at radius 3 is 2.72 bits per heavy atom. The van der Waals surface area contributed by atoms with E-state index in [1.165, 1.54) is 18.7 Å². The Morgan fingerprint density at radius 1 is 1.11 bits per heavy atom. The van der Waals surface area contributed by atoms with Crippen molar-refractivity contribution < 1.29 is 13.9 Å². The third-order valence-electron chi connectivity index (χ3n) is 6.93. The maximum atomic E-state index is 11.9. The van der Waals surface area contributed by atoms with Crippen molar-refractivity contribution in [2.24, 2.45) is 0 Å². The number of carbonyl (C=O) groups excluding carboxylic acids is 1. The predicted octanol–water partition coefficient (Wildman–Crippen LogP) is 4.08. The highest BCUT2D eigenvalue weighted by Crippen LogP contribution is 2.27. The Morgan fingerprint density at radius 2 is 1.94 bits per heavy atom. The first-order chi connectivity index (χ1) is 17.6. The van der Waals surface area contributed by atoms with Gasteiger partial charge in [0.25, 0.3) is 0 Å². The second-order valence-corrected chi connectivity index (χ2v) is 9.13. The van der Waals surface area contributed by atoms with Gasteiger partial charge in [0, 0.05) is 60.8 Å². The van der Waals surface area contributed by atoms with Gasteiger partial charge in [0.1, 0.15) is 11.7 Å². The first-order valence-corrected chi connectivity index (χ1v) is 12.2. The van der Waals surface area contributed by atoms with Crippen molar-refractivity contribution >= 4 is 33.5 Å². The van der Waals surface area contributed by atoms with Crippen LogP contribution in [0.4, 0.5) is 5.69 Å². The number of hydrogen-bond acceptors (Lipinski definition) is 7. The summed E-state index contributed by atoms with van der Waals surface area (Å²) in [6, 6.07) is 14.6. The fraction of sp³-hybridized carbons (Fsp3) is 0.321. The van der Waals surface area contributed by atoms with E-state index in [1.54, 1.807) is 18.2 Å². The van der Waals surface area contributed by atoms with Crippen LogP contribution in [-0.2, 0) is 11.2 Å². The van der Waals surface area contributed by atoms with Gasteiger partial charge in [0.2, 0.25) is 0 Å². The van der Waals surface area contributed by atoms with Gasteiger partial charge in [-0.25, -0.2) is 9.59 Å². The minimum atomic E-state index is -0.414. The Kier molecular flexibility index (Phi) is 6.74. The van der Waals surface area contributed by atoms with Crippen LogP contribution in [0.3, 0.4) is 0 Å². The summed E-state index contributed by atoms with van der Waals surface area (Å²) < 4.78 is 10.1. The third kappa shape index (κ3) is 4.83. The zero-order valence-corrected chi connectivity index (χ0v) is 20.3. The molecule has 184 valence electrons. The summed E-state index contributed by atoms with van der Waals surface area (Å²) in [6.07, 6.45) is 5.13. The second kappa shape index (κ2) is 10.3. The molecule has 1 fully saturated rings. The van der Waals surface area contributed by atoms with E-state index < -0.39 is 5.63 Å².